The van der Waals surface area contributed by atoms with Crippen LogP contribution in [-0.4, -0.2) is 48.9 Å². The molecule has 4 aliphatic carbocycles. The van der Waals surface area contributed by atoms with Crippen molar-refractivity contribution in [3.63, 3.8) is 0 Å². The van der Waals surface area contributed by atoms with Crippen LogP contribution < -0.4 is 10.6 Å². The van der Waals surface area contributed by atoms with Crippen molar-refractivity contribution >= 4 is 12.0 Å². The molecule has 250 valence electrons. The van der Waals surface area contributed by atoms with Crippen molar-refractivity contribution in [3.05, 3.63) is 71.8 Å². The molecule has 7 rings (SSSR count). The second-order valence-electron chi connectivity index (χ2n) is 14.2. The highest BCUT2D eigenvalue weighted by Crippen LogP contribution is 2.63. The van der Waals surface area contributed by atoms with Crippen LogP contribution in [0, 0.1) is 29.6 Å². The van der Waals surface area contributed by atoms with Gasteiger partial charge in [-0.1, -0.05) is 74.5 Å². The Labute approximate surface area is 273 Å². The Bertz CT molecular complexity index is 1280. The van der Waals surface area contributed by atoms with Gasteiger partial charge in [-0.25, -0.2) is 4.79 Å². The van der Waals surface area contributed by atoms with E-state index in [4.69, 9.17) is 24.0 Å². The molecule has 1 heterocycles. The highest BCUT2D eigenvalue weighted by atomic mass is 17.3. The lowest BCUT2D eigenvalue weighted by Crippen LogP contribution is -2.63. The molecule has 0 unspecified atom stereocenters. The lowest BCUT2D eigenvalue weighted by Gasteiger charge is -2.57. The van der Waals surface area contributed by atoms with Crippen LogP contribution in [0.1, 0.15) is 76.8 Å². The minimum atomic E-state index is -1.34. The van der Waals surface area contributed by atoms with Crippen molar-refractivity contribution < 1.29 is 33.6 Å². The molecule has 0 aromatic heterocycles. The molecule has 9 heteroatoms. The first-order valence-corrected chi connectivity index (χ1v) is 17.2. The Morgan fingerprint density at radius 3 is 2.11 bits per heavy atom. The second-order valence-corrected chi connectivity index (χ2v) is 14.2. The number of carbonyl (C=O) groups is 2. The number of hydrogen-bond acceptors (Lipinski definition) is 7. The lowest BCUT2D eigenvalue weighted by atomic mass is 9.53. The number of ether oxygens (including phenoxy) is 3. The zero-order valence-electron chi connectivity index (χ0n) is 27.5. The molecular formula is C37H50N2O7. The van der Waals surface area contributed by atoms with E-state index in [2.05, 4.69) is 22.8 Å². The average molecular weight is 635 g/mol. The molecule has 9 nitrogen and oxygen atoms in total. The van der Waals surface area contributed by atoms with Crippen molar-refractivity contribution in [2.24, 2.45) is 29.6 Å². The van der Waals surface area contributed by atoms with Gasteiger partial charge in [0.1, 0.15) is 19.3 Å². The maximum atomic E-state index is 14.1. The molecule has 3 atom stereocenters. The number of benzene rings is 2. The summed E-state index contributed by atoms with van der Waals surface area (Å²) in [6.45, 7) is 6.66. The quantitative estimate of drug-likeness (QED) is 0.235. The van der Waals surface area contributed by atoms with E-state index in [1.54, 1.807) is 0 Å². The molecule has 2 aromatic carbocycles. The normalized spacial score (nSPS) is 30.8. The van der Waals surface area contributed by atoms with Crippen LogP contribution in [0.5, 0.6) is 0 Å². The zero-order chi connectivity index (χ0) is 32.1. The Morgan fingerprint density at radius 1 is 0.870 bits per heavy atom. The molecule has 1 spiro atoms. The van der Waals surface area contributed by atoms with Crippen LogP contribution in [0.25, 0.3) is 0 Å². The van der Waals surface area contributed by atoms with E-state index in [9.17, 15) is 9.59 Å². The van der Waals surface area contributed by atoms with Crippen molar-refractivity contribution in [1.82, 2.24) is 10.6 Å². The maximum absolute atomic E-state index is 14.1. The molecule has 1 saturated heterocycles. The van der Waals surface area contributed by atoms with Crippen LogP contribution in [-0.2, 0) is 41.8 Å². The molecule has 46 heavy (non-hydrogen) atoms. The van der Waals surface area contributed by atoms with Crippen LogP contribution in [0.4, 0.5) is 4.79 Å². The molecule has 5 fully saturated rings. The van der Waals surface area contributed by atoms with Gasteiger partial charge in [-0.2, -0.15) is 9.78 Å². The summed E-state index contributed by atoms with van der Waals surface area (Å²) >= 11 is 0. The standard InChI is InChI=1S/C37H50N2O7/c1-4-42-24-36(44-37(46-45-36)30-19-28-18-29(21-30)22-31(37)20-28)33(16-15-26-11-7-5-8-12-26)39-34(40)32(17-25(2)3)38-35(41)43-23-27-13-9-6-10-14-27/h5-14,25,28-33H,4,15-24H2,1-3H3,(H,38,41)(H,39,40)/t28?,29?,30?,31?,32-,33-,36-,37?/m0/s1. The minimum absolute atomic E-state index is 0.110. The van der Waals surface area contributed by atoms with Gasteiger partial charge in [-0.3, -0.25) is 4.79 Å². The van der Waals surface area contributed by atoms with Gasteiger partial charge < -0.3 is 24.8 Å². The van der Waals surface area contributed by atoms with Crippen LogP contribution in [0.15, 0.2) is 60.7 Å². The highest BCUT2D eigenvalue weighted by molar-refractivity contribution is 5.86. The highest BCUT2D eigenvalue weighted by Gasteiger charge is 2.68. The lowest BCUT2D eigenvalue weighted by molar-refractivity contribution is -0.392. The molecular weight excluding hydrogens is 584 g/mol. The fourth-order valence-corrected chi connectivity index (χ4v) is 8.35. The van der Waals surface area contributed by atoms with E-state index < -0.39 is 29.8 Å². The maximum Gasteiger partial charge on any atom is 0.408 e. The largest absolute Gasteiger partial charge is 0.445 e. The molecule has 2 amide bonds. The summed E-state index contributed by atoms with van der Waals surface area (Å²) in [6.07, 6.45) is 6.61. The molecule has 1 aliphatic heterocycles. The molecule has 2 N–H and O–H groups in total. The number of alkyl carbamates (subject to hydrolysis) is 1. The molecule has 5 aliphatic rings. The predicted octanol–water partition coefficient (Wildman–Crippen LogP) is 6.31. The van der Waals surface area contributed by atoms with Crippen molar-refractivity contribution in [1.29, 1.82) is 0 Å². The number of hydrogen-bond donors (Lipinski definition) is 2. The Morgan fingerprint density at radius 2 is 1.50 bits per heavy atom. The summed E-state index contributed by atoms with van der Waals surface area (Å²) in [5, 5.41) is 6.08. The van der Waals surface area contributed by atoms with Gasteiger partial charge in [0.15, 0.2) is 0 Å². The summed E-state index contributed by atoms with van der Waals surface area (Å²) in [5.41, 5.74) is 2.01. The van der Waals surface area contributed by atoms with Gasteiger partial charge in [0.2, 0.25) is 17.5 Å². The minimum Gasteiger partial charge on any atom is -0.445 e. The summed E-state index contributed by atoms with van der Waals surface area (Å²) in [4.78, 5) is 39.7. The van der Waals surface area contributed by atoms with Crippen molar-refractivity contribution in [3.8, 4) is 0 Å². The molecule has 0 radical (unpaired) electrons. The number of nitrogens with one attached hydrogen (secondary N) is 2. The van der Waals surface area contributed by atoms with Gasteiger partial charge in [0, 0.05) is 18.4 Å². The van der Waals surface area contributed by atoms with Crippen molar-refractivity contribution in [2.45, 2.75) is 102 Å². The topological polar surface area (TPSA) is 104 Å². The van der Waals surface area contributed by atoms with Gasteiger partial charge in [-0.05, 0) is 87.2 Å². The smallest absolute Gasteiger partial charge is 0.408 e. The van der Waals surface area contributed by atoms with Crippen molar-refractivity contribution in [2.75, 3.05) is 13.2 Å². The summed E-state index contributed by atoms with van der Waals surface area (Å²) < 4.78 is 18.6. The SMILES string of the molecule is CCOC[C@@]1([C@H](CCc2ccccc2)NC(=O)[C@H](CC(C)C)NC(=O)OCc2ccccc2)OOC2(O1)C1CC3CC(C1)CC2C3. The first-order valence-electron chi connectivity index (χ1n) is 17.2. The van der Waals surface area contributed by atoms with E-state index in [1.165, 1.54) is 6.42 Å². The van der Waals surface area contributed by atoms with E-state index in [-0.39, 0.29) is 36.9 Å². The molecule has 2 aromatic rings. The third kappa shape index (κ3) is 7.28. The Hall–Kier alpha value is -2.98. The third-order valence-corrected chi connectivity index (χ3v) is 10.4. The molecule has 4 saturated carbocycles. The van der Waals surface area contributed by atoms with Crippen LogP contribution >= 0.6 is 0 Å². The number of aryl methyl sites for hydroxylation is 1. The molecule has 4 bridgehead atoms. The van der Waals surface area contributed by atoms with Gasteiger partial charge in [0.05, 0.1) is 6.04 Å². The van der Waals surface area contributed by atoms with Gasteiger partial charge in [-0.15, -0.1) is 0 Å². The fraction of sp³-hybridized carbons (Fsp3) is 0.622. The summed E-state index contributed by atoms with van der Waals surface area (Å²) in [7, 11) is 0. The number of carbonyl (C=O) groups excluding carboxylic acids is 2. The van der Waals surface area contributed by atoms with Gasteiger partial charge in [0.25, 0.3) is 0 Å². The second kappa shape index (κ2) is 14.4. The van der Waals surface area contributed by atoms with E-state index in [0.29, 0.717) is 25.9 Å². The van der Waals surface area contributed by atoms with E-state index in [1.807, 2.05) is 69.3 Å². The summed E-state index contributed by atoms with van der Waals surface area (Å²) in [6, 6.07) is 18.2. The van der Waals surface area contributed by atoms with E-state index in [0.717, 1.165) is 48.6 Å². The third-order valence-electron chi connectivity index (χ3n) is 10.4. The number of rotatable bonds is 14. The van der Waals surface area contributed by atoms with Gasteiger partial charge >= 0.3 is 6.09 Å². The van der Waals surface area contributed by atoms with Crippen LogP contribution in [0.3, 0.4) is 0 Å². The zero-order valence-corrected chi connectivity index (χ0v) is 27.5. The Balaban J connectivity index is 1.22. The predicted molar refractivity (Wildman–Crippen MR) is 172 cm³/mol. The Kier molecular flexibility index (Phi) is 10.3. The van der Waals surface area contributed by atoms with Crippen LogP contribution in [0.2, 0.25) is 0 Å². The monoisotopic (exact) mass is 634 g/mol. The first-order chi connectivity index (χ1) is 22.3. The average Bonchev–Trinajstić information content (AvgIpc) is 3.45. The fourth-order valence-electron chi connectivity index (χ4n) is 8.35. The van der Waals surface area contributed by atoms with E-state index >= 15 is 0 Å². The summed E-state index contributed by atoms with van der Waals surface area (Å²) in [5.74, 6) is -0.398. The number of amides is 2. The first kappa shape index (κ1) is 32.9.